The van der Waals surface area contributed by atoms with E-state index in [9.17, 15) is 4.79 Å². The van der Waals surface area contributed by atoms with E-state index < -0.39 is 0 Å². The van der Waals surface area contributed by atoms with Crippen LogP contribution in [-0.2, 0) is 12.8 Å². The maximum Gasteiger partial charge on any atom is 0.180 e. The van der Waals surface area contributed by atoms with Crippen molar-refractivity contribution in [1.82, 2.24) is 0 Å². The van der Waals surface area contributed by atoms with Crippen molar-refractivity contribution < 1.29 is 9.53 Å². The van der Waals surface area contributed by atoms with Gasteiger partial charge >= 0.3 is 0 Å². The zero-order valence-electron chi connectivity index (χ0n) is 9.58. The zero-order chi connectivity index (χ0) is 11.5. The van der Waals surface area contributed by atoms with Crippen molar-refractivity contribution in [2.75, 3.05) is 13.7 Å². The summed E-state index contributed by atoms with van der Waals surface area (Å²) < 4.78 is 5.39. The molecule has 0 unspecified atom stereocenters. The molecule has 3 heteroatoms. The highest BCUT2D eigenvalue weighted by molar-refractivity contribution is 6.00. The van der Waals surface area contributed by atoms with Gasteiger partial charge in [0, 0.05) is 0 Å². The average Bonchev–Trinajstić information content (AvgIpc) is 2.36. The van der Waals surface area contributed by atoms with Gasteiger partial charge in [-0.05, 0) is 42.9 Å². The van der Waals surface area contributed by atoms with Crippen LogP contribution in [-0.4, -0.2) is 19.4 Å². The van der Waals surface area contributed by atoms with Crippen LogP contribution in [0.25, 0.3) is 0 Å². The van der Waals surface area contributed by atoms with Gasteiger partial charge in [-0.25, -0.2) is 0 Å². The SMILES string of the molecule is COc1c(C(=O)CN)ccc2c1CCCC2. The summed E-state index contributed by atoms with van der Waals surface area (Å²) in [4.78, 5) is 11.7. The van der Waals surface area contributed by atoms with Crippen LogP contribution in [0.1, 0.15) is 34.3 Å². The van der Waals surface area contributed by atoms with E-state index in [0.717, 1.165) is 18.6 Å². The van der Waals surface area contributed by atoms with Crippen LogP contribution in [0.2, 0.25) is 0 Å². The smallest absolute Gasteiger partial charge is 0.180 e. The molecule has 0 heterocycles. The van der Waals surface area contributed by atoms with Crippen LogP contribution in [0.15, 0.2) is 12.1 Å². The number of hydrogen-bond acceptors (Lipinski definition) is 3. The van der Waals surface area contributed by atoms with Crippen LogP contribution in [0.5, 0.6) is 5.75 Å². The first-order chi connectivity index (χ1) is 7.77. The summed E-state index contributed by atoms with van der Waals surface area (Å²) in [5, 5.41) is 0. The lowest BCUT2D eigenvalue weighted by atomic mass is 9.88. The third kappa shape index (κ3) is 1.83. The standard InChI is InChI=1S/C13H17NO2/c1-16-13-10-5-3-2-4-9(10)6-7-11(13)12(15)8-14/h6-7H,2-5,8,14H2,1H3. The first-order valence-corrected chi connectivity index (χ1v) is 5.70. The van der Waals surface area contributed by atoms with Crippen LogP contribution >= 0.6 is 0 Å². The Balaban J connectivity index is 2.51. The fraction of sp³-hybridized carbons (Fsp3) is 0.462. The van der Waals surface area contributed by atoms with E-state index in [-0.39, 0.29) is 12.3 Å². The molecule has 0 fully saturated rings. The number of rotatable bonds is 3. The van der Waals surface area contributed by atoms with E-state index in [2.05, 4.69) is 0 Å². The average molecular weight is 219 g/mol. The summed E-state index contributed by atoms with van der Waals surface area (Å²) in [5.74, 6) is 0.692. The molecular weight excluding hydrogens is 202 g/mol. The number of fused-ring (bicyclic) bond motifs is 1. The molecule has 0 amide bonds. The van der Waals surface area contributed by atoms with E-state index >= 15 is 0 Å². The van der Waals surface area contributed by atoms with Crippen LogP contribution in [0.3, 0.4) is 0 Å². The van der Waals surface area contributed by atoms with E-state index in [4.69, 9.17) is 10.5 Å². The van der Waals surface area contributed by atoms with Gasteiger partial charge in [0.1, 0.15) is 5.75 Å². The summed E-state index contributed by atoms with van der Waals surface area (Å²) in [6.07, 6.45) is 4.48. The number of nitrogens with two attached hydrogens (primary N) is 1. The Bertz CT molecular complexity index is 413. The molecule has 0 aromatic heterocycles. The number of carbonyl (C=O) groups excluding carboxylic acids is 1. The van der Waals surface area contributed by atoms with Crippen molar-refractivity contribution in [2.24, 2.45) is 5.73 Å². The van der Waals surface area contributed by atoms with Gasteiger partial charge in [-0.2, -0.15) is 0 Å². The van der Waals surface area contributed by atoms with Crippen LogP contribution < -0.4 is 10.5 Å². The third-order valence-corrected chi connectivity index (χ3v) is 3.17. The van der Waals surface area contributed by atoms with Gasteiger partial charge in [0.15, 0.2) is 5.78 Å². The number of Topliss-reactive ketones (excluding diaryl/α,β-unsaturated/α-hetero) is 1. The molecule has 1 aromatic carbocycles. The fourth-order valence-electron chi connectivity index (χ4n) is 2.36. The van der Waals surface area contributed by atoms with Gasteiger partial charge in [0.05, 0.1) is 19.2 Å². The number of aryl methyl sites for hydroxylation is 1. The lowest BCUT2D eigenvalue weighted by molar-refractivity contribution is 0.0998. The topological polar surface area (TPSA) is 52.3 Å². The minimum atomic E-state index is -0.0507. The van der Waals surface area contributed by atoms with Gasteiger partial charge in [0.25, 0.3) is 0 Å². The summed E-state index contributed by atoms with van der Waals surface area (Å²) in [6, 6.07) is 3.89. The molecule has 1 aliphatic rings. The van der Waals surface area contributed by atoms with E-state index in [0.29, 0.717) is 5.56 Å². The summed E-state index contributed by atoms with van der Waals surface area (Å²) in [6.45, 7) is 0.0369. The lowest BCUT2D eigenvalue weighted by Crippen LogP contribution is -2.16. The number of methoxy groups -OCH3 is 1. The lowest BCUT2D eigenvalue weighted by Gasteiger charge is -2.20. The van der Waals surface area contributed by atoms with Crippen molar-refractivity contribution >= 4 is 5.78 Å². The molecule has 0 radical (unpaired) electrons. The van der Waals surface area contributed by atoms with Gasteiger partial charge in [0.2, 0.25) is 0 Å². The molecule has 1 aromatic rings. The molecule has 2 rings (SSSR count). The van der Waals surface area contributed by atoms with Gasteiger partial charge in [-0.1, -0.05) is 6.07 Å². The van der Waals surface area contributed by atoms with Crippen molar-refractivity contribution in [1.29, 1.82) is 0 Å². The van der Waals surface area contributed by atoms with Crippen LogP contribution in [0, 0.1) is 0 Å². The monoisotopic (exact) mass is 219 g/mol. The number of carbonyl (C=O) groups is 1. The predicted octanol–water partition coefficient (Wildman–Crippen LogP) is 1.72. The van der Waals surface area contributed by atoms with Gasteiger partial charge in [-0.3, -0.25) is 4.79 Å². The molecule has 3 nitrogen and oxygen atoms in total. The summed E-state index contributed by atoms with van der Waals surface area (Å²) >= 11 is 0. The molecular formula is C13H17NO2. The Morgan fingerprint density at radius 2 is 2.12 bits per heavy atom. The minimum absolute atomic E-state index is 0.0369. The Hall–Kier alpha value is -1.35. The van der Waals surface area contributed by atoms with Crippen molar-refractivity contribution in [3.05, 3.63) is 28.8 Å². The van der Waals surface area contributed by atoms with Crippen molar-refractivity contribution in [2.45, 2.75) is 25.7 Å². The maximum atomic E-state index is 11.7. The number of ether oxygens (including phenoxy) is 1. The number of hydrogen-bond donors (Lipinski definition) is 1. The Kier molecular flexibility index (Phi) is 3.25. The molecule has 0 saturated heterocycles. The molecule has 0 atom stereocenters. The maximum absolute atomic E-state index is 11.7. The number of benzene rings is 1. The Labute approximate surface area is 95.6 Å². The largest absolute Gasteiger partial charge is 0.496 e. The predicted molar refractivity (Wildman–Crippen MR) is 63.0 cm³/mol. The Morgan fingerprint density at radius 1 is 1.38 bits per heavy atom. The van der Waals surface area contributed by atoms with E-state index in [1.165, 1.54) is 24.0 Å². The highest BCUT2D eigenvalue weighted by atomic mass is 16.5. The second-order valence-electron chi connectivity index (χ2n) is 4.12. The highest BCUT2D eigenvalue weighted by Crippen LogP contribution is 2.32. The van der Waals surface area contributed by atoms with Crippen LogP contribution in [0.4, 0.5) is 0 Å². The summed E-state index contributed by atoms with van der Waals surface area (Å²) in [5.41, 5.74) is 8.55. The molecule has 1 aliphatic carbocycles. The number of ketones is 1. The minimum Gasteiger partial charge on any atom is -0.496 e. The van der Waals surface area contributed by atoms with Crippen molar-refractivity contribution in [3.8, 4) is 5.75 Å². The van der Waals surface area contributed by atoms with E-state index in [1.807, 2.05) is 12.1 Å². The molecule has 0 bridgehead atoms. The zero-order valence-corrected chi connectivity index (χ0v) is 9.58. The molecule has 0 saturated carbocycles. The van der Waals surface area contributed by atoms with E-state index in [1.54, 1.807) is 7.11 Å². The van der Waals surface area contributed by atoms with Crippen molar-refractivity contribution in [3.63, 3.8) is 0 Å². The second kappa shape index (κ2) is 4.66. The first-order valence-electron chi connectivity index (χ1n) is 5.70. The highest BCUT2D eigenvalue weighted by Gasteiger charge is 2.19. The molecule has 16 heavy (non-hydrogen) atoms. The normalized spacial score (nSPS) is 14.4. The Morgan fingerprint density at radius 3 is 2.81 bits per heavy atom. The molecule has 86 valence electrons. The second-order valence-corrected chi connectivity index (χ2v) is 4.12. The summed E-state index contributed by atoms with van der Waals surface area (Å²) in [7, 11) is 1.62. The van der Waals surface area contributed by atoms with Gasteiger partial charge in [-0.15, -0.1) is 0 Å². The third-order valence-electron chi connectivity index (χ3n) is 3.17. The molecule has 0 spiro atoms. The fourth-order valence-corrected chi connectivity index (χ4v) is 2.36. The quantitative estimate of drug-likeness (QED) is 0.787. The first kappa shape index (κ1) is 11.1. The van der Waals surface area contributed by atoms with Gasteiger partial charge < -0.3 is 10.5 Å². The molecule has 2 N–H and O–H groups in total. The molecule has 0 aliphatic heterocycles.